The zero-order valence-electron chi connectivity index (χ0n) is 11.2. The zero-order valence-corrected chi connectivity index (χ0v) is 12.0. The first kappa shape index (κ1) is 14.5. The Bertz CT molecular complexity index is 902. The zero-order chi connectivity index (χ0) is 15.2. The molecule has 0 aromatic carbocycles. The molecule has 0 saturated heterocycles. The standard InChI is InChI=1S/C10H14N4O5S/c1-12-6-7(11-9(12)20(18,19)5-4-15)13(2)10(17)14(3)8(6)16/h15H,4-5H2,1-3H3. The average molecular weight is 302 g/mol. The lowest BCUT2D eigenvalue weighted by atomic mass is 10.5. The van der Waals surface area contributed by atoms with Crippen LogP contribution in [0.1, 0.15) is 0 Å². The first-order chi connectivity index (χ1) is 9.22. The summed E-state index contributed by atoms with van der Waals surface area (Å²) in [5.41, 5.74) is -1.20. The van der Waals surface area contributed by atoms with E-state index in [0.29, 0.717) is 0 Å². The molecule has 0 bridgehead atoms. The van der Waals surface area contributed by atoms with E-state index in [1.54, 1.807) is 0 Å². The molecular weight excluding hydrogens is 288 g/mol. The van der Waals surface area contributed by atoms with E-state index in [1.807, 2.05) is 0 Å². The SMILES string of the molecule is Cn1c(=O)c2c(nc(S(=O)(=O)CCO)n2C)n(C)c1=O. The van der Waals surface area contributed by atoms with Gasteiger partial charge in [-0.25, -0.2) is 13.2 Å². The molecule has 110 valence electrons. The maximum Gasteiger partial charge on any atom is 0.332 e. The highest BCUT2D eigenvalue weighted by Crippen LogP contribution is 2.14. The normalized spacial score (nSPS) is 12.2. The second-order valence-electron chi connectivity index (χ2n) is 4.37. The van der Waals surface area contributed by atoms with Gasteiger partial charge >= 0.3 is 5.69 Å². The number of aliphatic hydroxyl groups excluding tert-OH is 1. The minimum atomic E-state index is -3.82. The van der Waals surface area contributed by atoms with Gasteiger partial charge in [0, 0.05) is 21.1 Å². The van der Waals surface area contributed by atoms with Gasteiger partial charge in [-0.15, -0.1) is 0 Å². The number of fused-ring (bicyclic) bond motifs is 1. The molecule has 2 aromatic rings. The third-order valence-electron chi connectivity index (χ3n) is 3.07. The van der Waals surface area contributed by atoms with Crippen LogP contribution in [-0.4, -0.2) is 44.6 Å². The molecule has 0 aliphatic rings. The van der Waals surface area contributed by atoms with Gasteiger partial charge in [-0.1, -0.05) is 0 Å². The number of rotatable bonds is 3. The summed E-state index contributed by atoms with van der Waals surface area (Å²) >= 11 is 0. The molecule has 1 N–H and O–H groups in total. The van der Waals surface area contributed by atoms with Crippen LogP contribution in [0.5, 0.6) is 0 Å². The maximum atomic E-state index is 12.1. The average Bonchev–Trinajstić information content (AvgIpc) is 2.72. The van der Waals surface area contributed by atoms with Gasteiger partial charge < -0.3 is 9.67 Å². The molecule has 0 unspecified atom stereocenters. The second-order valence-corrected chi connectivity index (χ2v) is 6.38. The Morgan fingerprint density at radius 2 is 1.70 bits per heavy atom. The smallest absolute Gasteiger partial charge is 0.332 e. The molecule has 2 rings (SSSR count). The summed E-state index contributed by atoms with van der Waals surface area (Å²) in [5.74, 6) is -0.502. The van der Waals surface area contributed by atoms with E-state index < -0.39 is 33.4 Å². The highest BCUT2D eigenvalue weighted by molar-refractivity contribution is 7.91. The van der Waals surface area contributed by atoms with Gasteiger partial charge in [0.1, 0.15) is 0 Å². The minimum absolute atomic E-state index is 0.00267. The van der Waals surface area contributed by atoms with Crippen molar-refractivity contribution >= 4 is 21.0 Å². The number of aliphatic hydroxyl groups is 1. The van der Waals surface area contributed by atoms with Crippen molar-refractivity contribution in [2.75, 3.05) is 12.4 Å². The van der Waals surface area contributed by atoms with E-state index in [1.165, 1.54) is 21.1 Å². The summed E-state index contributed by atoms with van der Waals surface area (Å²) in [6.45, 7) is -0.553. The van der Waals surface area contributed by atoms with Crippen molar-refractivity contribution in [1.82, 2.24) is 18.7 Å². The summed E-state index contributed by atoms with van der Waals surface area (Å²) in [5, 5.41) is 8.44. The second kappa shape index (κ2) is 4.56. The van der Waals surface area contributed by atoms with Gasteiger partial charge in [0.15, 0.2) is 11.2 Å². The highest BCUT2D eigenvalue weighted by atomic mass is 32.2. The van der Waals surface area contributed by atoms with Gasteiger partial charge in [0.2, 0.25) is 15.0 Å². The number of nitrogens with zero attached hydrogens (tertiary/aromatic N) is 4. The fourth-order valence-corrected chi connectivity index (χ4v) is 3.15. The van der Waals surface area contributed by atoms with E-state index in [9.17, 15) is 18.0 Å². The molecule has 0 aliphatic carbocycles. The Morgan fingerprint density at radius 3 is 2.25 bits per heavy atom. The van der Waals surface area contributed by atoms with Crippen molar-refractivity contribution in [2.45, 2.75) is 5.16 Å². The predicted octanol–water partition coefficient (Wildman–Crippen LogP) is -2.26. The van der Waals surface area contributed by atoms with Crippen LogP contribution in [0, 0.1) is 0 Å². The molecule has 9 nitrogen and oxygen atoms in total. The van der Waals surface area contributed by atoms with Crippen molar-refractivity contribution in [3.8, 4) is 0 Å². The van der Waals surface area contributed by atoms with Crippen LogP contribution in [0.25, 0.3) is 11.2 Å². The Morgan fingerprint density at radius 1 is 1.10 bits per heavy atom. The van der Waals surface area contributed by atoms with Crippen molar-refractivity contribution in [3.05, 3.63) is 20.8 Å². The van der Waals surface area contributed by atoms with E-state index in [2.05, 4.69) is 4.98 Å². The Labute approximate surface area is 113 Å². The van der Waals surface area contributed by atoms with Crippen LogP contribution in [-0.2, 0) is 31.0 Å². The number of hydrogen-bond donors (Lipinski definition) is 1. The van der Waals surface area contributed by atoms with Gasteiger partial charge in [-0.05, 0) is 0 Å². The van der Waals surface area contributed by atoms with Crippen LogP contribution in [0.2, 0.25) is 0 Å². The van der Waals surface area contributed by atoms with Crippen molar-refractivity contribution in [3.63, 3.8) is 0 Å². The number of sulfone groups is 1. The largest absolute Gasteiger partial charge is 0.395 e. The van der Waals surface area contributed by atoms with E-state index in [0.717, 1.165) is 13.7 Å². The van der Waals surface area contributed by atoms with Crippen LogP contribution in [0.4, 0.5) is 0 Å². The number of aromatic nitrogens is 4. The van der Waals surface area contributed by atoms with Gasteiger partial charge in [0.25, 0.3) is 5.56 Å². The molecule has 0 spiro atoms. The fraction of sp³-hybridized carbons (Fsp3) is 0.500. The summed E-state index contributed by atoms with van der Waals surface area (Å²) < 4.78 is 27.1. The van der Waals surface area contributed by atoms with Gasteiger partial charge in [0.05, 0.1) is 12.4 Å². The maximum absolute atomic E-state index is 12.1. The molecule has 0 aliphatic heterocycles. The molecule has 0 amide bonds. The van der Waals surface area contributed by atoms with E-state index in [4.69, 9.17) is 5.11 Å². The molecule has 0 atom stereocenters. The van der Waals surface area contributed by atoms with Crippen molar-refractivity contribution in [1.29, 1.82) is 0 Å². The van der Waals surface area contributed by atoms with Crippen LogP contribution in [0.3, 0.4) is 0 Å². The molecule has 2 heterocycles. The fourth-order valence-electron chi connectivity index (χ4n) is 1.99. The minimum Gasteiger partial charge on any atom is -0.395 e. The number of aryl methyl sites for hydroxylation is 2. The van der Waals surface area contributed by atoms with Crippen molar-refractivity contribution < 1.29 is 13.5 Å². The summed E-state index contributed by atoms with van der Waals surface area (Å²) in [4.78, 5) is 27.7. The van der Waals surface area contributed by atoms with Crippen LogP contribution >= 0.6 is 0 Å². The molecule has 0 saturated carbocycles. The summed E-state index contributed by atoms with van der Waals surface area (Å²) in [6.07, 6.45) is 0. The van der Waals surface area contributed by atoms with Crippen LogP contribution < -0.4 is 11.2 Å². The van der Waals surface area contributed by atoms with E-state index in [-0.39, 0.29) is 16.3 Å². The lowest BCUT2D eigenvalue weighted by molar-refractivity contribution is 0.319. The van der Waals surface area contributed by atoms with Crippen LogP contribution in [0.15, 0.2) is 14.7 Å². The Kier molecular flexibility index (Phi) is 3.30. The monoisotopic (exact) mass is 302 g/mol. The quantitative estimate of drug-likeness (QED) is 0.684. The first-order valence-corrected chi connectivity index (χ1v) is 7.33. The highest BCUT2D eigenvalue weighted by Gasteiger charge is 2.25. The Hall–Kier alpha value is -1.94. The lowest BCUT2D eigenvalue weighted by Gasteiger charge is -2.03. The van der Waals surface area contributed by atoms with Gasteiger partial charge in [-0.3, -0.25) is 13.9 Å². The Balaban J connectivity index is 2.99. The topological polar surface area (TPSA) is 116 Å². The molecular formula is C10H14N4O5S. The summed E-state index contributed by atoms with van der Waals surface area (Å²) in [7, 11) is 0.264. The third-order valence-corrected chi connectivity index (χ3v) is 4.71. The first-order valence-electron chi connectivity index (χ1n) is 5.68. The predicted molar refractivity (Wildman–Crippen MR) is 70.3 cm³/mol. The molecule has 2 aromatic heterocycles. The number of imidazole rings is 1. The van der Waals surface area contributed by atoms with Gasteiger partial charge in [-0.2, -0.15) is 4.98 Å². The van der Waals surface area contributed by atoms with E-state index >= 15 is 0 Å². The summed E-state index contributed by atoms with van der Waals surface area (Å²) in [6, 6.07) is 0. The number of hydrogen-bond acceptors (Lipinski definition) is 6. The van der Waals surface area contributed by atoms with Crippen molar-refractivity contribution in [2.24, 2.45) is 21.1 Å². The molecule has 0 fully saturated rings. The lowest BCUT2D eigenvalue weighted by Crippen LogP contribution is -2.37. The third kappa shape index (κ3) is 1.88. The molecule has 10 heteroatoms. The molecule has 20 heavy (non-hydrogen) atoms. The molecule has 0 radical (unpaired) electrons.